The maximum absolute atomic E-state index is 5.32. The fourth-order valence-electron chi connectivity index (χ4n) is 0.721. The molecule has 0 fully saturated rings. The van der Waals surface area contributed by atoms with Crippen molar-refractivity contribution in [2.24, 2.45) is 16.6 Å². The van der Waals surface area contributed by atoms with Gasteiger partial charge in [-0.25, -0.2) is 4.99 Å². The highest BCUT2D eigenvalue weighted by Gasteiger charge is 2.17. The summed E-state index contributed by atoms with van der Waals surface area (Å²) >= 11 is 0. The van der Waals surface area contributed by atoms with Crippen molar-refractivity contribution < 1.29 is 4.74 Å². The summed E-state index contributed by atoms with van der Waals surface area (Å²) in [7, 11) is 0. The zero-order valence-corrected chi connectivity index (χ0v) is 5.79. The van der Waals surface area contributed by atoms with E-state index in [2.05, 4.69) is 11.9 Å². The molecule has 2 unspecified atom stereocenters. The number of aliphatic imine (C=N–C) groups is 1. The number of ether oxygens (including phenoxy) is 1. The number of nitrogens with zero attached hydrogens (tertiary/aromatic N) is 1. The van der Waals surface area contributed by atoms with Gasteiger partial charge in [0.1, 0.15) is 0 Å². The van der Waals surface area contributed by atoms with Crippen LogP contribution in [-0.2, 0) is 4.74 Å². The van der Waals surface area contributed by atoms with Crippen LogP contribution in [0.5, 0.6) is 0 Å². The van der Waals surface area contributed by atoms with E-state index in [-0.39, 0.29) is 0 Å². The van der Waals surface area contributed by atoms with Gasteiger partial charge >= 0.3 is 0 Å². The van der Waals surface area contributed by atoms with E-state index in [9.17, 15) is 0 Å². The van der Waals surface area contributed by atoms with Crippen molar-refractivity contribution in [1.29, 1.82) is 0 Å². The van der Waals surface area contributed by atoms with E-state index in [0.717, 1.165) is 0 Å². The van der Waals surface area contributed by atoms with Gasteiger partial charge in [0.05, 0.1) is 12.6 Å². The van der Waals surface area contributed by atoms with Gasteiger partial charge in [-0.2, -0.15) is 0 Å². The standard InChI is InChI=1S/C6H12N2O/c1-4-3-9-6(7)8-5(4)2/h4-5H,3H2,1-2H3,(H2,7,8). The summed E-state index contributed by atoms with van der Waals surface area (Å²) in [5, 5.41) is 0. The Morgan fingerprint density at radius 2 is 2.33 bits per heavy atom. The van der Waals surface area contributed by atoms with Gasteiger partial charge in [-0.3, -0.25) is 0 Å². The fourth-order valence-corrected chi connectivity index (χ4v) is 0.721. The minimum Gasteiger partial charge on any atom is -0.465 e. The van der Waals surface area contributed by atoms with Crippen molar-refractivity contribution >= 4 is 6.02 Å². The molecular weight excluding hydrogens is 116 g/mol. The Morgan fingerprint density at radius 3 is 2.78 bits per heavy atom. The van der Waals surface area contributed by atoms with Gasteiger partial charge in [-0.15, -0.1) is 0 Å². The van der Waals surface area contributed by atoms with Crippen molar-refractivity contribution in [2.75, 3.05) is 6.61 Å². The Labute approximate surface area is 54.9 Å². The van der Waals surface area contributed by atoms with Gasteiger partial charge in [-0.1, -0.05) is 6.92 Å². The van der Waals surface area contributed by atoms with Crippen LogP contribution in [0.15, 0.2) is 4.99 Å². The SMILES string of the molecule is CC1COC(N)=NC1C. The molecule has 3 heteroatoms. The van der Waals surface area contributed by atoms with Gasteiger partial charge in [0.15, 0.2) is 0 Å². The van der Waals surface area contributed by atoms with E-state index in [1.54, 1.807) is 0 Å². The largest absolute Gasteiger partial charge is 0.465 e. The summed E-state index contributed by atoms with van der Waals surface area (Å²) in [5.41, 5.74) is 5.32. The Morgan fingerprint density at radius 1 is 1.67 bits per heavy atom. The molecule has 1 heterocycles. The van der Waals surface area contributed by atoms with Crippen LogP contribution >= 0.6 is 0 Å². The lowest BCUT2D eigenvalue weighted by Crippen LogP contribution is -2.31. The van der Waals surface area contributed by atoms with Crippen LogP contribution in [0.2, 0.25) is 0 Å². The zero-order chi connectivity index (χ0) is 6.85. The zero-order valence-electron chi connectivity index (χ0n) is 5.79. The average molecular weight is 128 g/mol. The number of amidine groups is 1. The normalized spacial score (nSPS) is 35.1. The van der Waals surface area contributed by atoms with Crippen molar-refractivity contribution in [3.05, 3.63) is 0 Å². The van der Waals surface area contributed by atoms with E-state index in [4.69, 9.17) is 10.5 Å². The minimum atomic E-state index is 0.318. The molecule has 0 aromatic heterocycles. The monoisotopic (exact) mass is 128 g/mol. The second-order valence-corrected chi connectivity index (χ2v) is 2.50. The van der Waals surface area contributed by atoms with Crippen LogP contribution in [0.1, 0.15) is 13.8 Å². The third-order valence-corrected chi connectivity index (χ3v) is 1.65. The molecule has 0 amide bonds. The van der Waals surface area contributed by atoms with Gasteiger partial charge in [-0.05, 0) is 6.92 Å². The second-order valence-electron chi connectivity index (χ2n) is 2.50. The maximum atomic E-state index is 5.32. The lowest BCUT2D eigenvalue weighted by atomic mass is 10.1. The Kier molecular flexibility index (Phi) is 1.60. The Balaban J connectivity index is 2.58. The number of nitrogens with two attached hydrogens (primary N) is 1. The molecule has 0 saturated heterocycles. The van der Waals surface area contributed by atoms with Crippen molar-refractivity contribution in [2.45, 2.75) is 19.9 Å². The average Bonchev–Trinajstić information content (AvgIpc) is 1.80. The van der Waals surface area contributed by atoms with Crippen LogP contribution in [0.25, 0.3) is 0 Å². The molecule has 3 nitrogen and oxygen atoms in total. The molecule has 0 aromatic carbocycles. The van der Waals surface area contributed by atoms with Crippen molar-refractivity contribution in [1.82, 2.24) is 0 Å². The number of hydrogen-bond acceptors (Lipinski definition) is 3. The lowest BCUT2D eigenvalue weighted by molar-refractivity contribution is 0.202. The predicted molar refractivity (Wildman–Crippen MR) is 36.2 cm³/mol. The lowest BCUT2D eigenvalue weighted by Gasteiger charge is -2.21. The van der Waals surface area contributed by atoms with E-state index in [1.807, 2.05) is 6.92 Å². The first-order valence-corrected chi connectivity index (χ1v) is 3.16. The molecule has 1 aliphatic heterocycles. The Hall–Kier alpha value is -0.730. The molecule has 1 rings (SSSR count). The fraction of sp³-hybridized carbons (Fsp3) is 0.833. The molecule has 0 aliphatic carbocycles. The Bertz CT molecular complexity index is 133. The van der Waals surface area contributed by atoms with E-state index in [0.29, 0.717) is 24.6 Å². The van der Waals surface area contributed by atoms with E-state index >= 15 is 0 Å². The molecule has 1 aliphatic rings. The van der Waals surface area contributed by atoms with Gasteiger partial charge in [0.25, 0.3) is 6.02 Å². The van der Waals surface area contributed by atoms with E-state index in [1.165, 1.54) is 0 Å². The van der Waals surface area contributed by atoms with Crippen LogP contribution < -0.4 is 5.73 Å². The maximum Gasteiger partial charge on any atom is 0.282 e. The molecule has 0 saturated carbocycles. The number of rotatable bonds is 0. The first-order valence-electron chi connectivity index (χ1n) is 3.16. The summed E-state index contributed by atoms with van der Waals surface area (Å²) in [4.78, 5) is 4.04. The highest BCUT2D eigenvalue weighted by molar-refractivity contribution is 5.72. The second kappa shape index (κ2) is 2.25. The molecule has 52 valence electrons. The molecule has 0 aromatic rings. The van der Waals surface area contributed by atoms with Gasteiger partial charge in [0, 0.05) is 5.92 Å². The smallest absolute Gasteiger partial charge is 0.282 e. The quantitative estimate of drug-likeness (QED) is 0.512. The predicted octanol–water partition coefficient (Wildman–Crippen LogP) is 0.356. The summed E-state index contributed by atoms with van der Waals surface area (Å²) in [6.45, 7) is 4.84. The summed E-state index contributed by atoms with van der Waals surface area (Å²) in [6, 6.07) is 0.652. The molecule has 2 atom stereocenters. The molecule has 9 heavy (non-hydrogen) atoms. The third kappa shape index (κ3) is 1.34. The minimum absolute atomic E-state index is 0.318. The molecule has 0 bridgehead atoms. The molecule has 0 radical (unpaired) electrons. The van der Waals surface area contributed by atoms with Crippen molar-refractivity contribution in [3.63, 3.8) is 0 Å². The first-order chi connectivity index (χ1) is 4.20. The topological polar surface area (TPSA) is 47.6 Å². The highest BCUT2D eigenvalue weighted by atomic mass is 16.5. The number of hydrogen-bond donors (Lipinski definition) is 1. The first kappa shape index (κ1) is 6.39. The van der Waals surface area contributed by atoms with E-state index < -0.39 is 0 Å². The van der Waals surface area contributed by atoms with Gasteiger partial charge < -0.3 is 10.5 Å². The molecule has 0 spiro atoms. The van der Waals surface area contributed by atoms with Crippen LogP contribution in [0.3, 0.4) is 0 Å². The third-order valence-electron chi connectivity index (χ3n) is 1.65. The molecular formula is C6H12N2O. The van der Waals surface area contributed by atoms with Crippen LogP contribution in [0.4, 0.5) is 0 Å². The summed E-state index contributed by atoms with van der Waals surface area (Å²) in [5.74, 6) is 0.497. The summed E-state index contributed by atoms with van der Waals surface area (Å²) < 4.78 is 4.99. The highest BCUT2D eigenvalue weighted by Crippen LogP contribution is 2.11. The van der Waals surface area contributed by atoms with Gasteiger partial charge in [0.2, 0.25) is 0 Å². The summed E-state index contributed by atoms with van der Waals surface area (Å²) in [6.07, 6.45) is 0. The van der Waals surface area contributed by atoms with Crippen LogP contribution in [0, 0.1) is 5.92 Å². The van der Waals surface area contributed by atoms with Crippen LogP contribution in [-0.4, -0.2) is 18.7 Å². The molecule has 2 N–H and O–H groups in total. The van der Waals surface area contributed by atoms with Crippen molar-refractivity contribution in [3.8, 4) is 0 Å².